The van der Waals surface area contributed by atoms with E-state index in [0.29, 0.717) is 23.2 Å². The molecule has 3 heterocycles. The number of aromatic nitrogens is 6. The molecular formula is C23H18Cl2N6O. The Hall–Kier alpha value is -3.29. The number of H-pyrrole nitrogens is 2. The molecule has 6 aromatic rings. The number of aromatic amines is 2. The van der Waals surface area contributed by atoms with Gasteiger partial charge < -0.3 is 14.7 Å². The first-order valence-electron chi connectivity index (χ1n) is 10.3. The first-order valence-corrected chi connectivity index (χ1v) is 11.0. The smallest absolute Gasteiger partial charge is 0.167 e. The molecule has 32 heavy (non-hydrogen) atoms. The quantitative estimate of drug-likeness (QED) is 0.305. The molecule has 6 rings (SSSR count). The number of nitrogens with one attached hydrogen (secondary N) is 2. The summed E-state index contributed by atoms with van der Waals surface area (Å²) in [5, 5.41) is 17.2. The molecular weight excluding hydrogens is 447 g/mol. The standard InChI is InChI=1S/C23H18Cl2N6O/c1-12-28-29-30-31(12)7-2-8-32-23-21-17(15-9-13(24)3-5-19(15)26-21)11-18-16-10-14(25)4-6-20(16)27-22(18)23/h3-6,9-11,26-27H,2,7-8H2,1H3. The van der Waals surface area contributed by atoms with Gasteiger partial charge in [-0.15, -0.1) is 5.10 Å². The Balaban J connectivity index is 1.50. The molecule has 0 amide bonds. The lowest BCUT2D eigenvalue weighted by molar-refractivity contribution is 0.302. The fourth-order valence-electron chi connectivity index (χ4n) is 4.29. The van der Waals surface area contributed by atoms with E-state index in [1.807, 2.05) is 43.3 Å². The molecule has 0 saturated carbocycles. The molecule has 3 aromatic carbocycles. The molecule has 0 spiro atoms. The monoisotopic (exact) mass is 464 g/mol. The lowest BCUT2D eigenvalue weighted by Crippen LogP contribution is -2.08. The molecule has 0 aliphatic rings. The number of benzene rings is 3. The third-order valence-electron chi connectivity index (χ3n) is 5.82. The number of fused-ring (bicyclic) bond motifs is 6. The summed E-state index contributed by atoms with van der Waals surface area (Å²) >= 11 is 12.6. The van der Waals surface area contributed by atoms with Gasteiger partial charge in [0, 0.05) is 55.6 Å². The van der Waals surface area contributed by atoms with E-state index in [4.69, 9.17) is 27.9 Å². The molecule has 0 fully saturated rings. The maximum atomic E-state index is 6.38. The molecule has 0 atom stereocenters. The lowest BCUT2D eigenvalue weighted by atomic mass is 10.1. The zero-order valence-corrected chi connectivity index (χ0v) is 18.6. The molecule has 0 radical (unpaired) electrons. The van der Waals surface area contributed by atoms with Crippen LogP contribution in [0, 0.1) is 6.92 Å². The molecule has 2 N–H and O–H groups in total. The molecule has 0 bridgehead atoms. The van der Waals surface area contributed by atoms with Crippen LogP contribution in [0.1, 0.15) is 12.2 Å². The fourth-order valence-corrected chi connectivity index (χ4v) is 4.63. The number of hydrogen-bond acceptors (Lipinski definition) is 4. The van der Waals surface area contributed by atoms with Crippen molar-refractivity contribution in [3.63, 3.8) is 0 Å². The Morgan fingerprint density at radius 3 is 2.06 bits per heavy atom. The minimum absolute atomic E-state index is 0.514. The topological polar surface area (TPSA) is 84.4 Å². The van der Waals surface area contributed by atoms with Gasteiger partial charge in [-0.3, -0.25) is 0 Å². The minimum Gasteiger partial charge on any atom is -0.489 e. The summed E-state index contributed by atoms with van der Waals surface area (Å²) in [5.74, 6) is 1.57. The number of hydrogen-bond donors (Lipinski definition) is 2. The van der Waals surface area contributed by atoms with Gasteiger partial charge >= 0.3 is 0 Å². The van der Waals surface area contributed by atoms with Crippen molar-refractivity contribution >= 4 is 66.8 Å². The van der Waals surface area contributed by atoms with Crippen LogP contribution in [0.2, 0.25) is 10.0 Å². The summed E-state index contributed by atoms with van der Waals surface area (Å²) in [7, 11) is 0. The summed E-state index contributed by atoms with van der Waals surface area (Å²) < 4.78 is 8.15. The second-order valence-corrected chi connectivity index (χ2v) is 8.70. The zero-order chi connectivity index (χ0) is 21.8. The number of halogens is 2. The van der Waals surface area contributed by atoms with E-state index in [0.717, 1.165) is 61.6 Å². The van der Waals surface area contributed by atoms with Gasteiger partial charge in [0.2, 0.25) is 0 Å². The van der Waals surface area contributed by atoms with Crippen LogP contribution < -0.4 is 4.74 Å². The lowest BCUT2D eigenvalue weighted by Gasteiger charge is -2.09. The average molecular weight is 465 g/mol. The maximum absolute atomic E-state index is 6.38. The molecule has 0 unspecified atom stereocenters. The summed E-state index contributed by atoms with van der Waals surface area (Å²) in [5.41, 5.74) is 3.89. The molecule has 9 heteroatoms. The minimum atomic E-state index is 0.514. The summed E-state index contributed by atoms with van der Waals surface area (Å²) in [6.45, 7) is 3.08. The number of aryl methyl sites for hydroxylation is 2. The van der Waals surface area contributed by atoms with Crippen molar-refractivity contribution in [3.05, 3.63) is 58.3 Å². The summed E-state index contributed by atoms with van der Waals surface area (Å²) in [6, 6.07) is 13.9. The summed E-state index contributed by atoms with van der Waals surface area (Å²) in [4.78, 5) is 7.04. The van der Waals surface area contributed by atoms with Crippen LogP contribution in [-0.2, 0) is 6.54 Å². The Morgan fingerprint density at radius 2 is 1.50 bits per heavy atom. The SMILES string of the molecule is Cc1nnnn1CCCOc1c2[nH]c3ccc(Cl)cc3c2cc2c1[nH]c1ccc(Cl)cc12. The van der Waals surface area contributed by atoms with Crippen LogP contribution in [0.5, 0.6) is 5.75 Å². The second-order valence-electron chi connectivity index (χ2n) is 7.83. The van der Waals surface area contributed by atoms with Gasteiger partial charge in [0.25, 0.3) is 0 Å². The van der Waals surface area contributed by atoms with E-state index in [1.165, 1.54) is 0 Å². The molecule has 3 aromatic heterocycles. The zero-order valence-electron chi connectivity index (χ0n) is 17.1. The summed E-state index contributed by atoms with van der Waals surface area (Å²) in [6.07, 6.45) is 0.766. The van der Waals surface area contributed by atoms with Crippen LogP contribution in [0.25, 0.3) is 43.6 Å². The fraction of sp³-hybridized carbons (Fsp3) is 0.174. The van der Waals surface area contributed by atoms with E-state index < -0.39 is 0 Å². The van der Waals surface area contributed by atoms with Gasteiger partial charge in [0.15, 0.2) is 5.75 Å². The van der Waals surface area contributed by atoms with Crippen molar-refractivity contribution in [2.75, 3.05) is 6.61 Å². The van der Waals surface area contributed by atoms with Crippen LogP contribution in [0.15, 0.2) is 42.5 Å². The van der Waals surface area contributed by atoms with Crippen LogP contribution >= 0.6 is 23.2 Å². The Labute approximate surface area is 192 Å². The van der Waals surface area contributed by atoms with Gasteiger partial charge in [-0.05, 0) is 59.8 Å². The van der Waals surface area contributed by atoms with E-state index >= 15 is 0 Å². The van der Waals surface area contributed by atoms with Crippen LogP contribution in [-0.4, -0.2) is 36.8 Å². The normalized spacial score (nSPS) is 12.0. The van der Waals surface area contributed by atoms with E-state index in [2.05, 4.69) is 31.6 Å². The van der Waals surface area contributed by atoms with Crippen molar-refractivity contribution in [1.82, 2.24) is 30.2 Å². The van der Waals surface area contributed by atoms with Crippen molar-refractivity contribution in [2.45, 2.75) is 19.9 Å². The number of tetrazole rings is 1. The third-order valence-corrected chi connectivity index (χ3v) is 6.29. The van der Waals surface area contributed by atoms with Gasteiger partial charge in [-0.1, -0.05) is 23.2 Å². The highest BCUT2D eigenvalue weighted by Crippen LogP contribution is 2.41. The van der Waals surface area contributed by atoms with Crippen molar-refractivity contribution in [1.29, 1.82) is 0 Å². The number of ether oxygens (including phenoxy) is 1. The maximum Gasteiger partial charge on any atom is 0.167 e. The van der Waals surface area contributed by atoms with Gasteiger partial charge in [0.05, 0.1) is 17.6 Å². The van der Waals surface area contributed by atoms with E-state index in [1.54, 1.807) is 4.68 Å². The molecule has 160 valence electrons. The largest absolute Gasteiger partial charge is 0.489 e. The van der Waals surface area contributed by atoms with Crippen molar-refractivity contribution < 1.29 is 4.74 Å². The van der Waals surface area contributed by atoms with Gasteiger partial charge in [-0.25, -0.2) is 4.68 Å². The average Bonchev–Trinajstić information content (AvgIpc) is 3.46. The van der Waals surface area contributed by atoms with Gasteiger partial charge in [0.1, 0.15) is 5.82 Å². The Morgan fingerprint density at radius 1 is 0.875 bits per heavy atom. The Bertz CT molecular complexity index is 1540. The molecule has 0 aliphatic carbocycles. The predicted molar refractivity (Wildman–Crippen MR) is 128 cm³/mol. The molecule has 7 nitrogen and oxygen atoms in total. The van der Waals surface area contributed by atoms with Crippen LogP contribution in [0.4, 0.5) is 0 Å². The van der Waals surface area contributed by atoms with Crippen LogP contribution in [0.3, 0.4) is 0 Å². The first kappa shape index (κ1) is 19.4. The van der Waals surface area contributed by atoms with Crippen molar-refractivity contribution in [3.8, 4) is 5.75 Å². The van der Waals surface area contributed by atoms with E-state index in [-0.39, 0.29) is 0 Å². The van der Waals surface area contributed by atoms with Gasteiger partial charge in [-0.2, -0.15) is 0 Å². The highest BCUT2D eigenvalue weighted by Gasteiger charge is 2.18. The molecule has 0 aliphatic heterocycles. The first-order chi connectivity index (χ1) is 15.6. The highest BCUT2D eigenvalue weighted by atomic mass is 35.5. The third kappa shape index (κ3) is 3.08. The number of rotatable bonds is 5. The predicted octanol–water partition coefficient (Wildman–Crippen LogP) is 6.03. The number of nitrogens with zero attached hydrogens (tertiary/aromatic N) is 4. The second kappa shape index (κ2) is 7.39. The highest BCUT2D eigenvalue weighted by molar-refractivity contribution is 6.33. The van der Waals surface area contributed by atoms with E-state index in [9.17, 15) is 0 Å². The molecule has 0 saturated heterocycles. The Kier molecular flexibility index (Phi) is 4.48. The van der Waals surface area contributed by atoms with Crippen molar-refractivity contribution in [2.24, 2.45) is 0 Å².